The molecule has 0 aromatic carbocycles. The summed E-state index contributed by atoms with van der Waals surface area (Å²) in [7, 11) is -2.99. The van der Waals surface area contributed by atoms with E-state index in [1.165, 1.54) is 0 Å². The van der Waals surface area contributed by atoms with Gasteiger partial charge >= 0.3 is 0 Å². The molecule has 1 aliphatic heterocycles. The first kappa shape index (κ1) is 13.4. The largest absolute Gasteiger partial charge is 0.379 e. The normalized spacial score (nSPS) is 18.2. The van der Waals surface area contributed by atoms with Crippen molar-refractivity contribution < 1.29 is 13.2 Å². The highest BCUT2D eigenvalue weighted by Crippen LogP contribution is 2.01. The molecule has 0 atom stereocenters. The van der Waals surface area contributed by atoms with Crippen molar-refractivity contribution in [2.75, 3.05) is 44.4 Å². The summed E-state index contributed by atoms with van der Waals surface area (Å²) in [5, 5.41) is 8.33. The van der Waals surface area contributed by atoms with E-state index in [-0.39, 0.29) is 11.5 Å². The molecular weight excluding hydrogens is 228 g/mol. The summed E-state index contributed by atoms with van der Waals surface area (Å²) >= 11 is 0. The highest BCUT2D eigenvalue weighted by molar-refractivity contribution is 7.91. The molecule has 0 spiro atoms. The molecule has 0 amide bonds. The predicted octanol–water partition coefficient (Wildman–Crippen LogP) is 0.0372. The number of morpholine rings is 1. The Kier molecular flexibility index (Phi) is 5.74. The van der Waals surface area contributed by atoms with Crippen LogP contribution in [0.5, 0.6) is 0 Å². The van der Waals surface area contributed by atoms with Gasteiger partial charge in [-0.2, -0.15) is 5.26 Å². The summed E-state index contributed by atoms with van der Waals surface area (Å²) in [5.41, 5.74) is 0. The first-order valence-electron chi connectivity index (χ1n) is 5.51. The second-order valence-electron chi connectivity index (χ2n) is 3.87. The lowest BCUT2D eigenvalue weighted by Gasteiger charge is -2.26. The predicted molar refractivity (Wildman–Crippen MR) is 60.8 cm³/mol. The van der Waals surface area contributed by atoms with Gasteiger partial charge in [-0.3, -0.25) is 4.90 Å². The number of nitrogens with zero attached hydrogens (tertiary/aromatic N) is 2. The number of sulfone groups is 1. The van der Waals surface area contributed by atoms with E-state index in [0.29, 0.717) is 32.6 Å². The van der Waals surface area contributed by atoms with E-state index in [0.717, 1.165) is 13.1 Å². The van der Waals surface area contributed by atoms with Gasteiger partial charge in [0.1, 0.15) is 0 Å². The zero-order chi connectivity index (χ0) is 11.9. The van der Waals surface area contributed by atoms with Crippen molar-refractivity contribution >= 4 is 9.84 Å². The minimum Gasteiger partial charge on any atom is -0.379 e. The lowest BCUT2D eigenvalue weighted by atomic mass is 10.4. The van der Waals surface area contributed by atoms with E-state index in [9.17, 15) is 8.42 Å². The number of hydrogen-bond donors (Lipinski definition) is 0. The van der Waals surface area contributed by atoms with Gasteiger partial charge in [-0.25, -0.2) is 8.42 Å². The summed E-state index contributed by atoms with van der Waals surface area (Å²) in [5.74, 6) is 0.323. The van der Waals surface area contributed by atoms with Crippen LogP contribution in [0.1, 0.15) is 12.8 Å². The van der Waals surface area contributed by atoms with E-state index in [1.807, 2.05) is 6.07 Å². The molecule has 1 rings (SSSR count). The minimum absolute atomic E-state index is 0.130. The molecule has 0 N–H and O–H groups in total. The standard InChI is InChI=1S/C10H18N2O3S/c11-3-1-2-9-16(13,14)10-6-12-4-7-15-8-5-12/h1-2,4-10H2. The van der Waals surface area contributed by atoms with E-state index >= 15 is 0 Å². The molecule has 1 aliphatic rings. The van der Waals surface area contributed by atoms with Gasteiger partial charge in [-0.1, -0.05) is 0 Å². The molecule has 0 aliphatic carbocycles. The van der Waals surface area contributed by atoms with Crippen LogP contribution >= 0.6 is 0 Å². The molecule has 0 unspecified atom stereocenters. The van der Waals surface area contributed by atoms with Gasteiger partial charge in [0, 0.05) is 26.1 Å². The maximum absolute atomic E-state index is 11.6. The van der Waals surface area contributed by atoms with Crippen LogP contribution in [0.4, 0.5) is 0 Å². The first-order chi connectivity index (χ1) is 7.64. The Morgan fingerprint density at radius 2 is 1.94 bits per heavy atom. The summed E-state index contributed by atoms with van der Waals surface area (Å²) in [6.45, 7) is 3.59. The van der Waals surface area contributed by atoms with E-state index < -0.39 is 9.84 Å². The van der Waals surface area contributed by atoms with Crippen molar-refractivity contribution in [3.8, 4) is 6.07 Å². The fourth-order valence-electron chi connectivity index (χ4n) is 1.57. The van der Waals surface area contributed by atoms with Crippen LogP contribution < -0.4 is 0 Å². The van der Waals surface area contributed by atoms with Crippen molar-refractivity contribution in [2.24, 2.45) is 0 Å². The molecule has 0 bridgehead atoms. The molecule has 92 valence electrons. The topological polar surface area (TPSA) is 70.4 Å². The molecular formula is C10H18N2O3S. The number of rotatable bonds is 6. The minimum atomic E-state index is -2.99. The van der Waals surface area contributed by atoms with E-state index in [2.05, 4.69) is 4.90 Å². The average Bonchev–Trinajstić information content (AvgIpc) is 2.28. The maximum Gasteiger partial charge on any atom is 0.151 e. The van der Waals surface area contributed by atoms with Crippen LogP contribution in [-0.2, 0) is 14.6 Å². The third kappa shape index (κ3) is 5.45. The molecule has 6 heteroatoms. The van der Waals surface area contributed by atoms with Crippen LogP contribution in [0.15, 0.2) is 0 Å². The Bertz CT molecular complexity index is 328. The number of nitriles is 1. The van der Waals surface area contributed by atoms with Crippen LogP contribution in [0.3, 0.4) is 0 Å². The number of hydrogen-bond acceptors (Lipinski definition) is 5. The molecule has 1 fully saturated rings. The van der Waals surface area contributed by atoms with Crippen LogP contribution in [0, 0.1) is 11.3 Å². The van der Waals surface area contributed by atoms with Crippen molar-refractivity contribution in [3.05, 3.63) is 0 Å². The average molecular weight is 246 g/mol. The summed E-state index contributed by atoms with van der Waals surface area (Å²) in [6, 6.07) is 1.95. The Hall–Kier alpha value is -0.640. The van der Waals surface area contributed by atoms with Gasteiger partial charge in [0.25, 0.3) is 0 Å². The van der Waals surface area contributed by atoms with Crippen molar-refractivity contribution in [1.29, 1.82) is 5.26 Å². The summed E-state index contributed by atoms with van der Waals surface area (Å²) in [6.07, 6.45) is 0.763. The van der Waals surface area contributed by atoms with Gasteiger partial charge in [0.05, 0.1) is 30.8 Å². The van der Waals surface area contributed by atoms with Crippen molar-refractivity contribution in [3.63, 3.8) is 0 Å². The molecule has 0 saturated carbocycles. The molecule has 1 heterocycles. The van der Waals surface area contributed by atoms with Crippen LogP contribution in [-0.4, -0.2) is 57.7 Å². The molecule has 0 aromatic rings. The van der Waals surface area contributed by atoms with Gasteiger partial charge in [-0.15, -0.1) is 0 Å². The molecule has 1 saturated heterocycles. The Labute approximate surface area is 96.9 Å². The second kappa shape index (κ2) is 6.84. The Morgan fingerprint density at radius 1 is 1.25 bits per heavy atom. The highest BCUT2D eigenvalue weighted by Gasteiger charge is 2.15. The first-order valence-corrected chi connectivity index (χ1v) is 7.34. The zero-order valence-corrected chi connectivity index (χ0v) is 10.2. The third-order valence-corrected chi connectivity index (χ3v) is 4.28. The van der Waals surface area contributed by atoms with Crippen LogP contribution in [0.25, 0.3) is 0 Å². The Morgan fingerprint density at radius 3 is 2.56 bits per heavy atom. The van der Waals surface area contributed by atoms with E-state index in [4.69, 9.17) is 10.00 Å². The van der Waals surface area contributed by atoms with Gasteiger partial charge < -0.3 is 4.74 Å². The highest BCUT2D eigenvalue weighted by atomic mass is 32.2. The van der Waals surface area contributed by atoms with E-state index in [1.54, 1.807) is 0 Å². The fourth-order valence-corrected chi connectivity index (χ4v) is 2.89. The zero-order valence-electron chi connectivity index (χ0n) is 9.39. The monoisotopic (exact) mass is 246 g/mol. The summed E-state index contributed by atoms with van der Waals surface area (Å²) < 4.78 is 28.3. The lowest BCUT2D eigenvalue weighted by molar-refractivity contribution is 0.0408. The quantitative estimate of drug-likeness (QED) is 0.619. The molecule has 5 nitrogen and oxygen atoms in total. The number of ether oxygens (including phenoxy) is 1. The molecule has 0 aromatic heterocycles. The fraction of sp³-hybridized carbons (Fsp3) is 0.900. The third-order valence-electron chi connectivity index (χ3n) is 2.57. The summed E-state index contributed by atoms with van der Waals surface area (Å²) in [4.78, 5) is 2.10. The van der Waals surface area contributed by atoms with Crippen molar-refractivity contribution in [2.45, 2.75) is 12.8 Å². The van der Waals surface area contributed by atoms with Crippen LogP contribution in [0.2, 0.25) is 0 Å². The molecule has 0 radical (unpaired) electrons. The second-order valence-corrected chi connectivity index (χ2v) is 6.17. The maximum atomic E-state index is 11.6. The lowest BCUT2D eigenvalue weighted by Crippen LogP contribution is -2.39. The SMILES string of the molecule is N#CCCCS(=O)(=O)CCN1CCOCC1. The Balaban J connectivity index is 2.21. The van der Waals surface area contributed by atoms with Crippen molar-refractivity contribution in [1.82, 2.24) is 4.90 Å². The van der Waals surface area contributed by atoms with Gasteiger partial charge in [0.2, 0.25) is 0 Å². The smallest absolute Gasteiger partial charge is 0.151 e. The molecule has 16 heavy (non-hydrogen) atoms. The van der Waals surface area contributed by atoms with Gasteiger partial charge in [-0.05, 0) is 6.42 Å². The van der Waals surface area contributed by atoms with Gasteiger partial charge in [0.15, 0.2) is 9.84 Å². The number of unbranched alkanes of at least 4 members (excludes halogenated alkanes) is 1.